The minimum Gasteiger partial charge on any atom is -0.329 e. The maximum absolute atomic E-state index is 10.3. The fourth-order valence-electron chi connectivity index (χ4n) is 1.70. The number of rotatable bonds is 5. The molecule has 0 fully saturated rings. The Bertz CT molecular complexity index is 533. The molecule has 0 bridgehead atoms. The molecule has 0 saturated carbocycles. The Morgan fingerprint density at radius 3 is 2.00 bits per heavy atom. The minimum atomic E-state index is 0.435. The lowest BCUT2D eigenvalue weighted by Gasteiger charge is -2.03. The van der Waals surface area contributed by atoms with Gasteiger partial charge in [0.1, 0.15) is 5.69 Å². The van der Waals surface area contributed by atoms with Crippen molar-refractivity contribution in [1.29, 1.82) is 0 Å². The summed E-state index contributed by atoms with van der Waals surface area (Å²) in [5.41, 5.74) is 3.45. The zero-order valence-electron chi connectivity index (χ0n) is 9.67. The van der Waals surface area contributed by atoms with Crippen LogP contribution in [0.1, 0.15) is 11.1 Å². The van der Waals surface area contributed by atoms with Crippen LogP contribution in [0, 0.1) is 4.91 Å². The molecular formula is C14H12N2O2. The van der Waals surface area contributed by atoms with E-state index in [1.807, 2.05) is 36.4 Å². The van der Waals surface area contributed by atoms with E-state index < -0.39 is 0 Å². The van der Waals surface area contributed by atoms with Gasteiger partial charge in [0, 0.05) is 5.69 Å². The molecule has 0 heterocycles. The van der Waals surface area contributed by atoms with Crippen molar-refractivity contribution in [3.05, 3.63) is 64.6 Å². The number of amides is 1. The van der Waals surface area contributed by atoms with Gasteiger partial charge >= 0.3 is 0 Å². The molecule has 4 nitrogen and oxygen atoms in total. The smallest absolute Gasteiger partial charge is 0.211 e. The van der Waals surface area contributed by atoms with Crippen LogP contribution in [0.2, 0.25) is 0 Å². The Labute approximate surface area is 105 Å². The van der Waals surface area contributed by atoms with Gasteiger partial charge < -0.3 is 5.32 Å². The largest absolute Gasteiger partial charge is 0.329 e. The van der Waals surface area contributed by atoms with Gasteiger partial charge in [-0.2, -0.15) is 0 Å². The lowest BCUT2D eigenvalue weighted by molar-refractivity contribution is -0.105. The summed E-state index contributed by atoms with van der Waals surface area (Å²) in [4.78, 5) is 20.6. The second-order valence-corrected chi connectivity index (χ2v) is 3.89. The van der Waals surface area contributed by atoms with Gasteiger partial charge in [0.25, 0.3) is 0 Å². The van der Waals surface area contributed by atoms with Crippen molar-refractivity contribution in [3.63, 3.8) is 0 Å². The molecule has 18 heavy (non-hydrogen) atoms. The van der Waals surface area contributed by atoms with E-state index in [0.29, 0.717) is 12.1 Å². The lowest BCUT2D eigenvalue weighted by atomic mass is 10.0. The van der Waals surface area contributed by atoms with E-state index in [1.54, 1.807) is 12.1 Å². The molecule has 1 N–H and O–H groups in total. The number of carbonyl (C=O) groups is 1. The van der Waals surface area contributed by atoms with Crippen LogP contribution >= 0.6 is 0 Å². The topological polar surface area (TPSA) is 58.5 Å². The van der Waals surface area contributed by atoms with Crippen LogP contribution in [-0.2, 0) is 11.2 Å². The Morgan fingerprint density at radius 2 is 1.50 bits per heavy atom. The molecule has 0 atom stereocenters. The van der Waals surface area contributed by atoms with E-state index in [9.17, 15) is 9.70 Å². The molecule has 90 valence electrons. The van der Waals surface area contributed by atoms with Crippen molar-refractivity contribution < 1.29 is 4.79 Å². The SMILES string of the molecule is O=CNc1ccc(Cc2ccc(N=O)cc2)cc1. The highest BCUT2D eigenvalue weighted by molar-refractivity contribution is 5.71. The van der Waals surface area contributed by atoms with Crippen molar-refractivity contribution in [1.82, 2.24) is 0 Å². The summed E-state index contributed by atoms with van der Waals surface area (Å²) < 4.78 is 0. The van der Waals surface area contributed by atoms with Gasteiger partial charge in [0.2, 0.25) is 6.41 Å². The zero-order valence-corrected chi connectivity index (χ0v) is 9.67. The third kappa shape index (κ3) is 3.01. The summed E-state index contributed by atoms with van der Waals surface area (Å²) in [6.07, 6.45) is 1.43. The van der Waals surface area contributed by atoms with Crippen molar-refractivity contribution in [2.45, 2.75) is 6.42 Å². The zero-order chi connectivity index (χ0) is 12.8. The van der Waals surface area contributed by atoms with Gasteiger partial charge in [-0.05, 0) is 47.0 Å². The molecule has 1 amide bonds. The number of benzene rings is 2. The summed E-state index contributed by atoms with van der Waals surface area (Å²) in [7, 11) is 0. The quantitative estimate of drug-likeness (QED) is 0.644. The highest BCUT2D eigenvalue weighted by Crippen LogP contribution is 2.16. The van der Waals surface area contributed by atoms with Crippen molar-refractivity contribution >= 4 is 17.8 Å². The van der Waals surface area contributed by atoms with E-state index in [1.165, 1.54) is 0 Å². The molecule has 2 rings (SSSR count). The molecular weight excluding hydrogens is 228 g/mol. The van der Waals surface area contributed by atoms with Gasteiger partial charge in [-0.1, -0.05) is 24.3 Å². The van der Waals surface area contributed by atoms with Crippen LogP contribution in [-0.4, -0.2) is 6.41 Å². The summed E-state index contributed by atoms with van der Waals surface area (Å²) in [5.74, 6) is 0. The van der Waals surface area contributed by atoms with Gasteiger partial charge in [-0.15, -0.1) is 4.91 Å². The normalized spacial score (nSPS) is 9.78. The second-order valence-electron chi connectivity index (χ2n) is 3.89. The highest BCUT2D eigenvalue weighted by atomic mass is 16.3. The fourth-order valence-corrected chi connectivity index (χ4v) is 1.70. The summed E-state index contributed by atoms with van der Waals surface area (Å²) >= 11 is 0. The molecule has 2 aromatic rings. The van der Waals surface area contributed by atoms with Gasteiger partial charge in [-0.25, -0.2) is 0 Å². The van der Waals surface area contributed by atoms with Crippen LogP contribution < -0.4 is 5.32 Å². The van der Waals surface area contributed by atoms with E-state index in [4.69, 9.17) is 0 Å². The average molecular weight is 240 g/mol. The molecule has 2 aromatic carbocycles. The second kappa shape index (κ2) is 5.72. The molecule has 0 aromatic heterocycles. The van der Waals surface area contributed by atoms with E-state index in [0.717, 1.165) is 23.2 Å². The maximum Gasteiger partial charge on any atom is 0.211 e. The first-order valence-corrected chi connectivity index (χ1v) is 5.53. The maximum atomic E-state index is 10.3. The van der Waals surface area contributed by atoms with Gasteiger partial charge in [-0.3, -0.25) is 4.79 Å². The molecule has 4 heteroatoms. The Hall–Kier alpha value is -2.49. The molecule has 0 aliphatic heterocycles. The predicted molar refractivity (Wildman–Crippen MR) is 70.8 cm³/mol. The van der Waals surface area contributed by atoms with Crippen molar-refractivity contribution in [2.75, 3.05) is 5.32 Å². The monoisotopic (exact) mass is 240 g/mol. The number of nitrogens with one attached hydrogen (secondary N) is 1. The Morgan fingerprint density at radius 1 is 0.944 bits per heavy atom. The summed E-state index contributed by atoms with van der Waals surface area (Å²) in [6, 6.07) is 14.8. The van der Waals surface area contributed by atoms with Gasteiger partial charge in [0.15, 0.2) is 0 Å². The third-order valence-electron chi connectivity index (χ3n) is 2.63. The third-order valence-corrected chi connectivity index (χ3v) is 2.63. The lowest BCUT2D eigenvalue weighted by Crippen LogP contribution is -1.94. The highest BCUT2D eigenvalue weighted by Gasteiger charge is 1.98. The number of hydrogen-bond acceptors (Lipinski definition) is 3. The molecule has 0 unspecified atom stereocenters. The average Bonchev–Trinajstić information content (AvgIpc) is 2.42. The Kier molecular flexibility index (Phi) is 3.81. The van der Waals surface area contributed by atoms with Crippen LogP contribution in [0.25, 0.3) is 0 Å². The van der Waals surface area contributed by atoms with Crippen LogP contribution in [0.15, 0.2) is 53.7 Å². The Balaban J connectivity index is 2.07. The summed E-state index contributed by atoms with van der Waals surface area (Å²) in [6.45, 7) is 0. The van der Waals surface area contributed by atoms with E-state index in [2.05, 4.69) is 10.5 Å². The van der Waals surface area contributed by atoms with Crippen LogP contribution in [0.3, 0.4) is 0 Å². The molecule has 0 saturated heterocycles. The molecule has 0 radical (unpaired) electrons. The van der Waals surface area contributed by atoms with Crippen LogP contribution in [0.5, 0.6) is 0 Å². The first-order chi connectivity index (χ1) is 8.81. The fraction of sp³-hybridized carbons (Fsp3) is 0.0714. The first kappa shape index (κ1) is 12.0. The molecule has 0 spiro atoms. The molecule has 0 aliphatic carbocycles. The number of nitroso groups, excluding NO2 is 1. The predicted octanol–water partition coefficient (Wildman–Crippen LogP) is 3.24. The number of anilines is 1. The van der Waals surface area contributed by atoms with Crippen molar-refractivity contribution in [2.24, 2.45) is 5.18 Å². The molecule has 0 aliphatic rings. The standard InChI is InChI=1S/C14H12N2O2/c17-10-15-13-5-1-11(2-6-13)9-12-3-7-14(16-18)8-4-12/h1-8,10H,9H2,(H,15,17). The minimum absolute atomic E-state index is 0.435. The van der Waals surface area contributed by atoms with E-state index >= 15 is 0 Å². The van der Waals surface area contributed by atoms with Crippen molar-refractivity contribution in [3.8, 4) is 0 Å². The summed E-state index contributed by atoms with van der Waals surface area (Å²) in [5, 5.41) is 5.45. The van der Waals surface area contributed by atoms with E-state index in [-0.39, 0.29) is 0 Å². The number of hydrogen-bond donors (Lipinski definition) is 1. The van der Waals surface area contributed by atoms with Gasteiger partial charge in [0.05, 0.1) is 0 Å². The first-order valence-electron chi connectivity index (χ1n) is 5.53. The number of carbonyl (C=O) groups excluding carboxylic acids is 1. The van der Waals surface area contributed by atoms with Crippen LogP contribution in [0.4, 0.5) is 11.4 Å². The number of nitrogens with zero attached hydrogens (tertiary/aromatic N) is 1.